The molecule has 0 saturated carbocycles. The van der Waals surface area contributed by atoms with Crippen LogP contribution in [0.4, 0.5) is 0 Å². The fraction of sp³-hybridized carbons (Fsp3) is 0.378. The number of aliphatic imine (C=N–C) groups is 2. The minimum Gasteiger partial charge on any atom is -0.480 e. The van der Waals surface area contributed by atoms with Crippen LogP contribution in [-0.4, -0.2) is 106 Å². The fourth-order valence-electron chi connectivity index (χ4n) is 6.16. The normalized spacial score (nSPS) is 13.7. The standard InChI is InChI=1S/C37H51N13O6S/c38-24(9-5-13-43-36(39)40)31(51)47-27(12-6-14-44-37(41)42)32(52)48-28(15-20-17-45-25-10-3-1-7-22(20)25)33(53)49-29(34(54)50-30(19-57)35(55)56)16-21-18-46-26-11-4-2-8-23(21)26/h1-4,7-8,10-11,17-18,24,27-30,45-46,57H,5-6,9,12-16,19,38H2,(H,47,51)(H,48,52)(H,49,53)(H,50,54)(H,55,56)(H4,39,40,43)(H4,41,42,44). The van der Waals surface area contributed by atoms with Gasteiger partial charge in [0.15, 0.2) is 11.9 Å². The Kier molecular flexibility index (Phi) is 16.1. The highest BCUT2D eigenvalue weighted by molar-refractivity contribution is 7.80. The van der Waals surface area contributed by atoms with Crippen molar-refractivity contribution in [2.24, 2.45) is 38.7 Å². The van der Waals surface area contributed by atoms with Crippen LogP contribution in [0.2, 0.25) is 0 Å². The summed E-state index contributed by atoms with van der Waals surface area (Å²) >= 11 is 4.07. The van der Waals surface area contributed by atoms with Crippen LogP contribution < -0.4 is 49.9 Å². The van der Waals surface area contributed by atoms with Crippen LogP contribution in [0.5, 0.6) is 0 Å². The van der Waals surface area contributed by atoms with E-state index in [0.717, 1.165) is 21.8 Å². The number of para-hydroxylation sites is 2. The SMILES string of the molecule is NC(N)=NCCCC(N)C(=O)NC(CCCN=C(N)N)C(=O)NC(Cc1c[nH]c2ccccc12)C(=O)NC(Cc1c[nH]c2ccccc12)C(=O)NC(CS)C(=O)O. The molecular weight excluding hydrogens is 755 g/mol. The molecule has 4 rings (SSSR count). The summed E-state index contributed by atoms with van der Waals surface area (Å²) in [4.78, 5) is 81.4. The molecule has 0 aliphatic rings. The maximum atomic E-state index is 14.4. The van der Waals surface area contributed by atoms with Gasteiger partial charge >= 0.3 is 5.97 Å². The lowest BCUT2D eigenvalue weighted by Gasteiger charge is -2.26. The summed E-state index contributed by atoms with van der Waals surface area (Å²) in [5, 5.41) is 21.9. The number of nitrogens with one attached hydrogen (secondary N) is 6. The van der Waals surface area contributed by atoms with Crippen molar-refractivity contribution in [3.05, 3.63) is 72.1 Å². The van der Waals surface area contributed by atoms with Gasteiger partial charge in [-0.3, -0.25) is 29.2 Å². The van der Waals surface area contributed by atoms with Gasteiger partial charge in [-0.15, -0.1) is 0 Å². The highest BCUT2D eigenvalue weighted by Crippen LogP contribution is 2.21. The number of nitrogens with zero attached hydrogens (tertiary/aromatic N) is 2. The van der Waals surface area contributed by atoms with E-state index in [9.17, 15) is 29.1 Å². The zero-order chi connectivity index (χ0) is 41.5. The Labute approximate surface area is 333 Å². The zero-order valence-electron chi connectivity index (χ0n) is 31.2. The van der Waals surface area contributed by atoms with Crippen molar-refractivity contribution in [1.82, 2.24) is 31.2 Å². The van der Waals surface area contributed by atoms with Crippen LogP contribution in [0.15, 0.2) is 70.9 Å². The molecule has 0 bridgehead atoms. The predicted molar refractivity (Wildman–Crippen MR) is 221 cm³/mol. The van der Waals surface area contributed by atoms with Crippen LogP contribution in [0, 0.1) is 0 Å². The maximum Gasteiger partial charge on any atom is 0.327 e. The van der Waals surface area contributed by atoms with Crippen molar-refractivity contribution in [2.45, 2.75) is 68.7 Å². The van der Waals surface area contributed by atoms with E-state index in [0.29, 0.717) is 17.5 Å². The van der Waals surface area contributed by atoms with E-state index in [1.807, 2.05) is 48.5 Å². The van der Waals surface area contributed by atoms with E-state index in [2.05, 4.69) is 53.8 Å². The summed E-state index contributed by atoms with van der Waals surface area (Å²) in [6.45, 7) is 0.404. The summed E-state index contributed by atoms with van der Waals surface area (Å²) in [6, 6.07) is 8.67. The molecule has 306 valence electrons. The first-order valence-corrected chi connectivity index (χ1v) is 18.9. The van der Waals surface area contributed by atoms with Gasteiger partial charge in [-0.1, -0.05) is 36.4 Å². The van der Waals surface area contributed by atoms with E-state index >= 15 is 0 Å². The Balaban J connectivity index is 1.64. The number of carbonyl (C=O) groups is 5. The lowest BCUT2D eigenvalue weighted by molar-refractivity contribution is -0.141. The Hall–Kier alpha value is -6.28. The molecule has 0 radical (unpaired) electrons. The van der Waals surface area contributed by atoms with Crippen LogP contribution >= 0.6 is 12.6 Å². The average Bonchev–Trinajstić information content (AvgIpc) is 3.79. The molecule has 4 amide bonds. The number of benzene rings is 2. The third kappa shape index (κ3) is 12.9. The van der Waals surface area contributed by atoms with Gasteiger partial charge in [-0.05, 0) is 48.9 Å². The first-order valence-electron chi connectivity index (χ1n) is 18.3. The summed E-state index contributed by atoms with van der Waals surface area (Å²) in [5.74, 6) is -4.59. The number of fused-ring (bicyclic) bond motifs is 2. The van der Waals surface area contributed by atoms with E-state index in [1.165, 1.54) is 0 Å². The number of carbonyl (C=O) groups excluding carboxylic acids is 4. The Morgan fingerprint density at radius 3 is 1.51 bits per heavy atom. The number of aromatic nitrogens is 2. The quantitative estimate of drug-likeness (QED) is 0.0194. The second-order valence-corrected chi connectivity index (χ2v) is 13.8. The number of carboxylic acid groups (broad SMARTS) is 1. The second-order valence-electron chi connectivity index (χ2n) is 13.4. The first kappa shape index (κ1) is 43.4. The number of aromatic amines is 2. The molecule has 2 aromatic carbocycles. The molecule has 0 fully saturated rings. The van der Waals surface area contributed by atoms with Crippen molar-refractivity contribution in [1.29, 1.82) is 0 Å². The lowest BCUT2D eigenvalue weighted by Crippen LogP contribution is -2.59. The molecule has 19 nitrogen and oxygen atoms in total. The average molecular weight is 806 g/mol. The molecule has 0 aliphatic heterocycles. The molecule has 2 heterocycles. The van der Waals surface area contributed by atoms with Crippen molar-refractivity contribution in [3.63, 3.8) is 0 Å². The number of hydrogen-bond donors (Lipinski definition) is 13. The smallest absolute Gasteiger partial charge is 0.327 e. The number of rotatable bonds is 22. The van der Waals surface area contributed by atoms with Crippen LogP contribution in [0.1, 0.15) is 36.8 Å². The molecule has 57 heavy (non-hydrogen) atoms. The Morgan fingerprint density at radius 1 is 0.632 bits per heavy atom. The van der Waals surface area contributed by atoms with E-state index in [4.69, 9.17) is 28.7 Å². The van der Waals surface area contributed by atoms with Gasteiger partial charge in [0.1, 0.15) is 24.2 Å². The van der Waals surface area contributed by atoms with Crippen LogP contribution in [0.25, 0.3) is 21.8 Å². The molecule has 0 spiro atoms. The molecule has 4 aromatic rings. The number of aliphatic carboxylic acids is 1. The number of thiol groups is 1. The highest BCUT2D eigenvalue weighted by Gasteiger charge is 2.33. The largest absolute Gasteiger partial charge is 0.480 e. The summed E-state index contributed by atoms with van der Waals surface area (Å²) < 4.78 is 0. The number of nitrogens with two attached hydrogens (primary N) is 5. The molecule has 20 heteroatoms. The van der Waals surface area contributed by atoms with Crippen molar-refractivity contribution in [3.8, 4) is 0 Å². The maximum absolute atomic E-state index is 14.4. The highest BCUT2D eigenvalue weighted by atomic mass is 32.1. The van der Waals surface area contributed by atoms with Gasteiger partial charge in [0.2, 0.25) is 23.6 Å². The van der Waals surface area contributed by atoms with Gasteiger partial charge < -0.3 is 65.0 Å². The Morgan fingerprint density at radius 2 is 1.05 bits per heavy atom. The lowest BCUT2D eigenvalue weighted by atomic mass is 10.0. The molecular formula is C37H51N13O6S. The number of H-pyrrole nitrogens is 2. The second kappa shape index (κ2) is 21.1. The van der Waals surface area contributed by atoms with Gasteiger partial charge in [-0.2, -0.15) is 12.6 Å². The van der Waals surface area contributed by atoms with Crippen LogP contribution in [-0.2, 0) is 36.8 Å². The van der Waals surface area contributed by atoms with Crippen molar-refractivity contribution >= 4 is 76.0 Å². The topological polar surface area (TPSA) is 340 Å². The van der Waals surface area contributed by atoms with Crippen molar-refractivity contribution in [2.75, 3.05) is 18.8 Å². The summed E-state index contributed by atoms with van der Waals surface area (Å²) in [6.07, 6.45) is 4.32. The zero-order valence-corrected chi connectivity index (χ0v) is 32.1. The minimum absolute atomic E-state index is 0.0290. The minimum atomic E-state index is -1.34. The van der Waals surface area contributed by atoms with Gasteiger partial charge in [-0.25, -0.2) is 4.79 Å². The molecule has 5 atom stereocenters. The number of hydrogen-bond acceptors (Lipinski definition) is 9. The van der Waals surface area contributed by atoms with Gasteiger partial charge in [0.25, 0.3) is 0 Å². The summed E-state index contributed by atoms with van der Waals surface area (Å²) in [5.41, 5.74) is 30.8. The van der Waals surface area contributed by atoms with E-state index < -0.39 is 59.8 Å². The molecule has 17 N–H and O–H groups in total. The Bertz CT molecular complexity index is 2070. The monoisotopic (exact) mass is 805 g/mol. The molecule has 0 saturated heterocycles. The fourth-order valence-corrected chi connectivity index (χ4v) is 6.41. The van der Waals surface area contributed by atoms with Gasteiger partial charge in [0.05, 0.1) is 6.04 Å². The molecule has 2 aromatic heterocycles. The number of amides is 4. The predicted octanol–water partition coefficient (Wildman–Crippen LogP) is -1.18. The third-order valence-corrected chi connectivity index (χ3v) is 9.51. The molecule has 0 aliphatic carbocycles. The number of guanidine groups is 2. The first-order chi connectivity index (χ1) is 27.3. The van der Waals surface area contributed by atoms with Crippen LogP contribution in [0.3, 0.4) is 0 Å². The van der Waals surface area contributed by atoms with Gasteiger partial charge in [0, 0.05) is 65.9 Å². The number of carboxylic acids is 1. The summed E-state index contributed by atoms with van der Waals surface area (Å²) in [7, 11) is 0. The third-order valence-electron chi connectivity index (χ3n) is 9.14. The van der Waals surface area contributed by atoms with E-state index in [1.54, 1.807) is 12.4 Å². The van der Waals surface area contributed by atoms with Crippen molar-refractivity contribution < 1.29 is 29.1 Å². The van der Waals surface area contributed by atoms with E-state index in [-0.39, 0.29) is 62.9 Å². The molecule has 5 unspecified atom stereocenters.